The van der Waals surface area contributed by atoms with Gasteiger partial charge in [-0.05, 0) is 18.8 Å². The molecule has 5 heteroatoms. The van der Waals surface area contributed by atoms with Crippen molar-refractivity contribution in [3.8, 4) is 0 Å². The third kappa shape index (κ3) is 3.05. The molecule has 0 amide bonds. The van der Waals surface area contributed by atoms with E-state index in [9.17, 15) is 9.90 Å². The van der Waals surface area contributed by atoms with E-state index in [2.05, 4.69) is 10.3 Å². The molecule has 1 heterocycles. The quantitative estimate of drug-likeness (QED) is 0.802. The maximum Gasteiger partial charge on any atom is 0.312 e. The number of carboxylic acid groups (broad SMARTS) is 1. The first-order valence-electron chi connectivity index (χ1n) is 5.67. The van der Waals surface area contributed by atoms with Crippen molar-refractivity contribution >= 4 is 5.97 Å². The van der Waals surface area contributed by atoms with Gasteiger partial charge in [-0.1, -0.05) is 26.0 Å². The van der Waals surface area contributed by atoms with Crippen LogP contribution in [0.2, 0.25) is 0 Å². The molecule has 0 aliphatic carbocycles. The largest absolute Gasteiger partial charge is 0.481 e. The Balaban J connectivity index is 2.91. The fraction of sp³-hybridized carbons (Fsp3) is 0.727. The van der Waals surface area contributed by atoms with Crippen LogP contribution >= 0.6 is 0 Å². The zero-order chi connectivity index (χ0) is 12.1. The van der Waals surface area contributed by atoms with Crippen molar-refractivity contribution in [2.24, 2.45) is 5.92 Å². The second-order valence-corrected chi connectivity index (χ2v) is 4.40. The molecule has 16 heavy (non-hydrogen) atoms. The Kier molecular flexibility index (Phi) is 4.46. The van der Waals surface area contributed by atoms with Crippen molar-refractivity contribution in [2.45, 2.75) is 46.1 Å². The average molecular weight is 225 g/mol. The van der Waals surface area contributed by atoms with Crippen LogP contribution in [0, 0.1) is 5.92 Å². The summed E-state index contributed by atoms with van der Waals surface area (Å²) in [6, 6.07) is 0. The lowest BCUT2D eigenvalue weighted by atomic mass is 9.94. The summed E-state index contributed by atoms with van der Waals surface area (Å²) >= 11 is 0. The summed E-state index contributed by atoms with van der Waals surface area (Å²) in [7, 11) is 0. The summed E-state index contributed by atoms with van der Waals surface area (Å²) in [5, 5.41) is 16.9. The molecule has 0 bridgehead atoms. The molecule has 0 aliphatic rings. The Labute approximate surface area is 95.5 Å². The molecule has 1 aromatic heterocycles. The molecular weight excluding hydrogens is 206 g/mol. The summed E-state index contributed by atoms with van der Waals surface area (Å²) in [6.07, 6.45) is 3.10. The Morgan fingerprint density at radius 2 is 2.25 bits per heavy atom. The minimum Gasteiger partial charge on any atom is -0.481 e. The summed E-state index contributed by atoms with van der Waals surface area (Å²) in [6.45, 7) is 6.79. The number of aryl methyl sites for hydroxylation is 1. The van der Waals surface area contributed by atoms with Crippen LogP contribution in [0.5, 0.6) is 0 Å². The van der Waals surface area contributed by atoms with Crippen molar-refractivity contribution in [3.63, 3.8) is 0 Å². The van der Waals surface area contributed by atoms with E-state index in [0.717, 1.165) is 13.0 Å². The van der Waals surface area contributed by atoms with Gasteiger partial charge in [0.05, 0.1) is 11.9 Å². The maximum atomic E-state index is 11.2. The second kappa shape index (κ2) is 5.63. The number of hydrogen-bond acceptors (Lipinski definition) is 3. The van der Waals surface area contributed by atoms with Crippen LogP contribution in [-0.2, 0) is 11.3 Å². The first-order valence-corrected chi connectivity index (χ1v) is 5.67. The molecule has 0 saturated carbocycles. The van der Waals surface area contributed by atoms with Gasteiger partial charge in [0.2, 0.25) is 0 Å². The lowest BCUT2D eigenvalue weighted by Crippen LogP contribution is -2.18. The molecule has 0 radical (unpaired) electrons. The lowest BCUT2D eigenvalue weighted by molar-refractivity contribution is -0.139. The van der Waals surface area contributed by atoms with E-state index in [4.69, 9.17) is 0 Å². The number of hydrogen-bond donors (Lipinski definition) is 1. The van der Waals surface area contributed by atoms with Gasteiger partial charge in [0.1, 0.15) is 5.92 Å². The zero-order valence-corrected chi connectivity index (χ0v) is 10.1. The fourth-order valence-corrected chi connectivity index (χ4v) is 1.74. The predicted molar refractivity (Wildman–Crippen MR) is 60.1 cm³/mol. The van der Waals surface area contributed by atoms with Crippen LogP contribution in [0.3, 0.4) is 0 Å². The van der Waals surface area contributed by atoms with Crippen molar-refractivity contribution in [1.82, 2.24) is 15.0 Å². The molecule has 0 fully saturated rings. The molecule has 1 rings (SSSR count). The Bertz CT molecular complexity index is 347. The number of rotatable bonds is 6. The summed E-state index contributed by atoms with van der Waals surface area (Å²) in [5.74, 6) is -0.957. The molecule has 0 spiro atoms. The molecule has 5 nitrogen and oxygen atoms in total. The topological polar surface area (TPSA) is 68.0 Å². The van der Waals surface area contributed by atoms with Crippen LogP contribution in [0.25, 0.3) is 0 Å². The Hall–Kier alpha value is -1.39. The lowest BCUT2D eigenvalue weighted by Gasteiger charge is -2.15. The standard InChI is InChI=1S/C11H19N3O2/c1-4-5-14-10(7-12-13-14)9(11(15)16)6-8(2)3/h7-9H,4-6H2,1-3H3,(H,15,16). The van der Waals surface area contributed by atoms with Gasteiger partial charge in [0.15, 0.2) is 0 Å². The average Bonchev–Trinajstić information content (AvgIpc) is 2.62. The highest BCUT2D eigenvalue weighted by Crippen LogP contribution is 2.23. The van der Waals surface area contributed by atoms with Gasteiger partial charge in [-0.2, -0.15) is 0 Å². The molecule has 90 valence electrons. The monoisotopic (exact) mass is 225 g/mol. The third-order valence-corrected chi connectivity index (χ3v) is 2.45. The third-order valence-electron chi connectivity index (χ3n) is 2.45. The Morgan fingerprint density at radius 3 is 2.75 bits per heavy atom. The van der Waals surface area contributed by atoms with E-state index in [1.807, 2.05) is 20.8 Å². The number of aliphatic carboxylic acids is 1. The van der Waals surface area contributed by atoms with Gasteiger partial charge in [-0.25, -0.2) is 4.68 Å². The van der Waals surface area contributed by atoms with Crippen LogP contribution in [-0.4, -0.2) is 26.1 Å². The zero-order valence-electron chi connectivity index (χ0n) is 10.1. The molecule has 1 aromatic rings. The maximum absolute atomic E-state index is 11.2. The number of carboxylic acids is 1. The first kappa shape index (κ1) is 12.7. The highest BCUT2D eigenvalue weighted by atomic mass is 16.4. The van der Waals surface area contributed by atoms with Crippen molar-refractivity contribution in [2.75, 3.05) is 0 Å². The minimum absolute atomic E-state index is 0.339. The van der Waals surface area contributed by atoms with Gasteiger partial charge in [0.25, 0.3) is 0 Å². The van der Waals surface area contributed by atoms with Crippen molar-refractivity contribution < 1.29 is 9.90 Å². The smallest absolute Gasteiger partial charge is 0.312 e. The minimum atomic E-state index is -0.798. The molecule has 1 atom stereocenters. The molecule has 1 N–H and O–H groups in total. The van der Waals surface area contributed by atoms with Crippen LogP contribution in [0.4, 0.5) is 0 Å². The predicted octanol–water partition coefficient (Wildman–Crippen LogP) is 1.90. The van der Waals surface area contributed by atoms with Crippen molar-refractivity contribution in [1.29, 1.82) is 0 Å². The van der Waals surface area contributed by atoms with Crippen LogP contribution in [0.1, 0.15) is 45.2 Å². The van der Waals surface area contributed by atoms with Crippen LogP contribution in [0.15, 0.2) is 6.20 Å². The highest BCUT2D eigenvalue weighted by Gasteiger charge is 2.25. The first-order chi connectivity index (χ1) is 7.56. The number of nitrogens with zero attached hydrogens (tertiary/aromatic N) is 3. The summed E-state index contributed by atoms with van der Waals surface area (Å²) < 4.78 is 1.70. The number of carbonyl (C=O) groups is 1. The molecule has 0 aliphatic heterocycles. The SMILES string of the molecule is CCCn1nncc1C(CC(C)C)C(=O)O. The van der Waals surface area contributed by atoms with E-state index in [0.29, 0.717) is 18.0 Å². The normalized spacial score (nSPS) is 13.0. The molecule has 1 unspecified atom stereocenters. The van der Waals surface area contributed by atoms with Crippen molar-refractivity contribution in [3.05, 3.63) is 11.9 Å². The molecule has 0 aromatic carbocycles. The molecular formula is C11H19N3O2. The fourth-order valence-electron chi connectivity index (χ4n) is 1.74. The van der Waals surface area contributed by atoms with Gasteiger partial charge < -0.3 is 5.11 Å². The highest BCUT2D eigenvalue weighted by molar-refractivity contribution is 5.75. The van der Waals surface area contributed by atoms with Gasteiger partial charge in [0, 0.05) is 6.54 Å². The molecule has 0 saturated heterocycles. The number of aromatic nitrogens is 3. The van der Waals surface area contributed by atoms with E-state index < -0.39 is 11.9 Å². The second-order valence-electron chi connectivity index (χ2n) is 4.40. The van der Waals surface area contributed by atoms with E-state index in [1.165, 1.54) is 0 Å². The van der Waals surface area contributed by atoms with E-state index in [1.54, 1.807) is 10.9 Å². The van der Waals surface area contributed by atoms with Gasteiger partial charge in [-0.15, -0.1) is 5.10 Å². The van der Waals surface area contributed by atoms with E-state index >= 15 is 0 Å². The summed E-state index contributed by atoms with van der Waals surface area (Å²) in [5.41, 5.74) is 0.711. The Morgan fingerprint density at radius 1 is 1.56 bits per heavy atom. The van der Waals surface area contributed by atoms with Gasteiger partial charge >= 0.3 is 5.97 Å². The summed E-state index contributed by atoms with van der Waals surface area (Å²) in [4.78, 5) is 11.2. The van der Waals surface area contributed by atoms with Crippen LogP contribution < -0.4 is 0 Å². The van der Waals surface area contributed by atoms with E-state index in [-0.39, 0.29) is 0 Å². The van der Waals surface area contributed by atoms with Gasteiger partial charge in [-0.3, -0.25) is 4.79 Å².